The zero-order chi connectivity index (χ0) is 48.8. The van der Waals surface area contributed by atoms with Gasteiger partial charge in [0.15, 0.2) is 0 Å². The fourth-order valence-electron chi connectivity index (χ4n) is 10.3. The minimum Gasteiger partial charge on any atom is -0.487 e. The molecule has 2 aliphatic rings. The van der Waals surface area contributed by atoms with Crippen molar-refractivity contribution < 1.29 is 32.4 Å². The van der Waals surface area contributed by atoms with Crippen LogP contribution in [-0.2, 0) is 14.5 Å². The van der Waals surface area contributed by atoms with Crippen molar-refractivity contribution in [1.29, 1.82) is 5.26 Å². The minimum atomic E-state index is -3.86. The quantitative estimate of drug-likeness (QED) is 0.0936. The molecule has 9 rings (SSSR count). The van der Waals surface area contributed by atoms with Crippen LogP contribution < -0.4 is 44.5 Å². The maximum absolute atomic E-state index is 15.8. The Kier molecular flexibility index (Phi) is 12.7. The topological polar surface area (TPSA) is 104 Å². The van der Waals surface area contributed by atoms with Gasteiger partial charge < -0.3 is 23.3 Å². The van der Waals surface area contributed by atoms with E-state index >= 15 is 9.13 Å². The number of rotatable bonds is 15. The van der Waals surface area contributed by atoms with Gasteiger partial charge in [-0.3, -0.25) is 9.13 Å². The van der Waals surface area contributed by atoms with E-state index in [-0.39, 0.29) is 0 Å². The first-order valence-electron chi connectivity index (χ1n) is 24.1. The summed E-state index contributed by atoms with van der Waals surface area (Å²) in [4.78, 5) is 0. The van der Waals surface area contributed by atoms with Crippen LogP contribution in [0.4, 0.5) is 0 Å². The number of aryl methyl sites for hydroxylation is 1. The summed E-state index contributed by atoms with van der Waals surface area (Å²) in [7, 11) is -7.62. The van der Waals surface area contributed by atoms with Crippen molar-refractivity contribution in [2.75, 3.05) is 0 Å². The number of nitriles is 1. The number of nitrogens with zero attached hydrogens (tertiary/aromatic N) is 1. The van der Waals surface area contributed by atoms with Crippen LogP contribution in [0.5, 0.6) is 34.5 Å². The molecule has 0 bridgehead atoms. The second-order valence-corrected chi connectivity index (χ2v) is 23.0. The minimum absolute atomic E-state index is 0.339. The highest BCUT2D eigenvalue weighted by atomic mass is 31.2. The Bertz CT molecular complexity index is 3240. The van der Waals surface area contributed by atoms with E-state index in [0.717, 1.165) is 46.2 Å². The fourth-order valence-corrected chi connectivity index (χ4v) is 15.2. The Balaban J connectivity index is 1.14. The molecular weight excluding hydrogens is 897 g/mol. The van der Waals surface area contributed by atoms with Crippen LogP contribution in [-0.4, -0.2) is 11.2 Å². The van der Waals surface area contributed by atoms with E-state index in [9.17, 15) is 5.26 Å². The lowest BCUT2D eigenvalue weighted by molar-refractivity contribution is -0.00767. The number of fused-ring (bicyclic) bond motifs is 6. The van der Waals surface area contributed by atoms with Gasteiger partial charge in [-0.2, -0.15) is 5.26 Å². The second kappa shape index (κ2) is 18.4. The highest BCUT2D eigenvalue weighted by Gasteiger charge is 2.51. The van der Waals surface area contributed by atoms with Gasteiger partial charge in [0.2, 0.25) is 0 Å². The molecule has 0 fully saturated rings. The molecule has 3 atom stereocenters. The number of para-hydroxylation sites is 2. The van der Waals surface area contributed by atoms with Crippen LogP contribution in [0.2, 0.25) is 0 Å². The van der Waals surface area contributed by atoms with E-state index in [0.29, 0.717) is 80.5 Å². The maximum Gasteiger partial charge on any atom is 0.311 e. The van der Waals surface area contributed by atoms with Crippen molar-refractivity contribution in [3.63, 3.8) is 0 Å². The molecule has 8 nitrogen and oxygen atoms in total. The zero-order valence-corrected chi connectivity index (χ0v) is 42.5. The molecule has 7 aromatic rings. The van der Waals surface area contributed by atoms with E-state index < -0.39 is 31.4 Å². The lowest BCUT2D eigenvalue weighted by Gasteiger charge is -2.49. The summed E-state index contributed by atoms with van der Waals surface area (Å²) in [6, 6.07) is 50.1. The third-order valence-electron chi connectivity index (χ3n) is 14.9. The van der Waals surface area contributed by atoms with Gasteiger partial charge in [-0.15, -0.1) is 0 Å². The van der Waals surface area contributed by atoms with E-state index in [4.69, 9.17) is 23.3 Å². The van der Waals surface area contributed by atoms with Gasteiger partial charge >= 0.3 is 14.7 Å². The van der Waals surface area contributed by atoms with Crippen molar-refractivity contribution in [3.8, 4) is 62.8 Å². The maximum atomic E-state index is 15.8. The van der Waals surface area contributed by atoms with Crippen LogP contribution in [0.1, 0.15) is 97.3 Å². The van der Waals surface area contributed by atoms with Crippen LogP contribution >= 0.6 is 14.7 Å². The second-order valence-electron chi connectivity index (χ2n) is 18.5. The first kappa shape index (κ1) is 47.6. The average molecular weight is 956 g/mol. The molecule has 352 valence electrons. The van der Waals surface area contributed by atoms with E-state index in [1.54, 1.807) is 24.3 Å². The first-order valence-corrected chi connectivity index (χ1v) is 27.3. The molecule has 2 aliphatic heterocycles. The van der Waals surface area contributed by atoms with Crippen molar-refractivity contribution in [2.45, 2.75) is 104 Å². The SMILES string of the molecule is CCC(C)(CC)Oc1ccc(Oc2cccc(C(CC)(CC)C(C)(CC)Oc3ccc(C)cc3P3(=O)Oc4ccccc4-c4ccccc43)c2C#N)cc1P1(=O)Oc2ccccc2-c2ccccc21. The predicted molar refractivity (Wildman–Crippen MR) is 279 cm³/mol. The molecule has 0 N–H and O–H groups in total. The van der Waals surface area contributed by atoms with Crippen molar-refractivity contribution in [2.24, 2.45) is 0 Å². The molecule has 0 aromatic heterocycles. The van der Waals surface area contributed by atoms with Gasteiger partial charge in [-0.25, -0.2) is 0 Å². The Morgan fingerprint density at radius 3 is 1.57 bits per heavy atom. The molecule has 0 saturated carbocycles. The lowest BCUT2D eigenvalue weighted by atomic mass is 9.62. The molecule has 69 heavy (non-hydrogen) atoms. The summed E-state index contributed by atoms with van der Waals surface area (Å²) in [6.07, 6.45) is 3.19. The van der Waals surface area contributed by atoms with Crippen molar-refractivity contribution >= 4 is 36.0 Å². The predicted octanol–water partition coefficient (Wildman–Crippen LogP) is 14.5. The molecule has 10 heteroatoms. The van der Waals surface area contributed by atoms with Crippen LogP contribution in [0.3, 0.4) is 0 Å². The van der Waals surface area contributed by atoms with Gasteiger partial charge in [0, 0.05) is 16.5 Å². The molecular formula is C59H59NO7P2. The molecule has 7 aromatic carbocycles. The first-order chi connectivity index (χ1) is 33.2. The van der Waals surface area contributed by atoms with Crippen molar-refractivity contribution in [3.05, 3.63) is 168 Å². The summed E-state index contributed by atoms with van der Waals surface area (Å²) in [5.41, 5.74) is 3.23. The van der Waals surface area contributed by atoms with Crippen LogP contribution in [0, 0.1) is 18.3 Å². The normalized spacial score (nSPS) is 17.8. The monoisotopic (exact) mass is 955 g/mol. The fraction of sp³-hybridized carbons (Fsp3) is 0.271. The Labute approximate surface area is 407 Å². The number of benzene rings is 7. The molecule has 2 heterocycles. The molecule has 0 saturated heterocycles. The van der Waals surface area contributed by atoms with Crippen LogP contribution in [0.15, 0.2) is 152 Å². The molecule has 3 unspecified atom stereocenters. The van der Waals surface area contributed by atoms with E-state index in [1.807, 2.05) is 134 Å². The number of ether oxygens (including phenoxy) is 3. The van der Waals surface area contributed by atoms with E-state index in [2.05, 4.69) is 54.5 Å². The Hall–Kier alpha value is -6.51. The summed E-state index contributed by atoms with van der Waals surface area (Å²) in [6.45, 7) is 16.6. The average Bonchev–Trinajstić information content (AvgIpc) is 3.38. The molecule has 0 aliphatic carbocycles. The third-order valence-corrected chi connectivity index (χ3v) is 19.8. The van der Waals surface area contributed by atoms with Crippen LogP contribution in [0.25, 0.3) is 22.3 Å². The zero-order valence-electron chi connectivity index (χ0n) is 40.7. The van der Waals surface area contributed by atoms with Gasteiger partial charge in [0.1, 0.15) is 51.8 Å². The summed E-state index contributed by atoms with van der Waals surface area (Å²) in [5.74, 6) is 2.68. The summed E-state index contributed by atoms with van der Waals surface area (Å²) >= 11 is 0. The van der Waals surface area contributed by atoms with Gasteiger partial charge in [-0.05, 0) is 136 Å². The number of hydrogen-bond donors (Lipinski definition) is 0. The Morgan fingerprint density at radius 1 is 0.522 bits per heavy atom. The van der Waals surface area contributed by atoms with Crippen molar-refractivity contribution in [1.82, 2.24) is 0 Å². The summed E-state index contributed by atoms with van der Waals surface area (Å²) in [5, 5.41) is 13.3. The molecule has 0 radical (unpaired) electrons. The number of hydrogen-bond acceptors (Lipinski definition) is 8. The highest BCUT2D eigenvalue weighted by molar-refractivity contribution is 7.75. The van der Waals surface area contributed by atoms with Gasteiger partial charge in [0.25, 0.3) is 0 Å². The lowest BCUT2D eigenvalue weighted by Crippen LogP contribution is -2.53. The Morgan fingerprint density at radius 2 is 1.03 bits per heavy atom. The summed E-state index contributed by atoms with van der Waals surface area (Å²) < 4.78 is 65.7. The van der Waals surface area contributed by atoms with Gasteiger partial charge in [-0.1, -0.05) is 126 Å². The molecule has 0 amide bonds. The van der Waals surface area contributed by atoms with Gasteiger partial charge in [0.05, 0.1) is 26.8 Å². The molecule has 0 spiro atoms. The van der Waals surface area contributed by atoms with E-state index in [1.165, 1.54) is 0 Å². The highest BCUT2D eigenvalue weighted by Crippen LogP contribution is 2.58. The largest absolute Gasteiger partial charge is 0.487 e. The third kappa shape index (κ3) is 7.95. The standard InChI is InChI=1S/C59H59NO7P2/c1-9-57(7,10-2)64-51-36-34-41(38-56(51)69(62)54-32-21-17-26-45(54)43-24-15-19-29-50(43)67-69)63-48-30-22-27-47(46(48)39-60)59(12-4,13-5)58(8,11-3)65-52-35-33-40(6)37-55(52)68(61)53-31-20-16-25-44(53)42-23-14-18-28-49(42)66-68/h14-38H,9-13H2,1-8H3. The smallest absolute Gasteiger partial charge is 0.311 e.